The van der Waals surface area contributed by atoms with Gasteiger partial charge in [-0.05, 0) is 18.4 Å². The first-order valence-corrected chi connectivity index (χ1v) is 7.63. The van der Waals surface area contributed by atoms with Gasteiger partial charge in [-0.2, -0.15) is 0 Å². The molecule has 0 aliphatic rings. The van der Waals surface area contributed by atoms with Gasteiger partial charge < -0.3 is 5.73 Å². The highest BCUT2D eigenvalue weighted by Gasteiger charge is 2.11. The van der Waals surface area contributed by atoms with Crippen LogP contribution in [0.3, 0.4) is 0 Å². The zero-order valence-electron chi connectivity index (χ0n) is 8.61. The van der Waals surface area contributed by atoms with Crippen molar-refractivity contribution in [3.63, 3.8) is 0 Å². The molecule has 1 aromatic carbocycles. The number of nitrogens with zero attached hydrogens (tertiary/aromatic N) is 2. The molecule has 17 heavy (non-hydrogen) atoms. The normalized spacial score (nSPS) is 10.8. The van der Waals surface area contributed by atoms with Gasteiger partial charge in [-0.15, -0.1) is 10.2 Å². The molecule has 0 amide bonds. The number of halogens is 2. The van der Waals surface area contributed by atoms with E-state index in [1.807, 2.05) is 6.26 Å². The summed E-state index contributed by atoms with van der Waals surface area (Å²) in [6, 6.07) is 2.71. The van der Waals surface area contributed by atoms with Crippen molar-refractivity contribution in [2.75, 3.05) is 12.0 Å². The largest absolute Gasteiger partial charge is 0.398 e. The molecular formula is C9H7ClFN3S3. The second-order valence-corrected chi connectivity index (χ2v) is 6.67. The standard InChI is InChI=1S/C9H7ClFN3S3/c1-15-8-13-14-9(17-8)16-7-3-5(11)4(10)2-6(7)12/h2-3H,12H2,1H3. The van der Waals surface area contributed by atoms with Crippen LogP contribution >= 0.6 is 46.5 Å². The van der Waals surface area contributed by atoms with Crippen molar-refractivity contribution in [3.05, 3.63) is 23.0 Å². The molecule has 2 rings (SSSR count). The molecule has 0 fully saturated rings. The van der Waals surface area contributed by atoms with E-state index in [9.17, 15) is 4.39 Å². The molecule has 2 aromatic rings. The Morgan fingerprint density at radius 2 is 2.06 bits per heavy atom. The molecule has 0 atom stereocenters. The Labute approximate surface area is 115 Å². The summed E-state index contributed by atoms with van der Waals surface area (Å²) in [6.07, 6.45) is 1.92. The summed E-state index contributed by atoms with van der Waals surface area (Å²) in [5.74, 6) is -0.488. The van der Waals surface area contributed by atoms with Crippen molar-refractivity contribution in [2.24, 2.45) is 0 Å². The second kappa shape index (κ2) is 5.43. The summed E-state index contributed by atoms with van der Waals surface area (Å²) in [4.78, 5) is 0.593. The third kappa shape index (κ3) is 3.04. The lowest BCUT2D eigenvalue weighted by atomic mass is 10.3. The highest BCUT2D eigenvalue weighted by atomic mass is 35.5. The first kappa shape index (κ1) is 12.9. The quantitative estimate of drug-likeness (QED) is 0.690. The van der Waals surface area contributed by atoms with Gasteiger partial charge in [-0.1, -0.05) is 46.5 Å². The summed E-state index contributed by atoms with van der Waals surface area (Å²) in [6.45, 7) is 0. The number of nitrogens with two attached hydrogens (primary N) is 1. The van der Waals surface area contributed by atoms with Crippen LogP contribution in [-0.4, -0.2) is 16.5 Å². The van der Waals surface area contributed by atoms with Crippen LogP contribution in [0.15, 0.2) is 25.7 Å². The average Bonchev–Trinajstić information content (AvgIpc) is 2.73. The molecule has 0 aliphatic carbocycles. The van der Waals surface area contributed by atoms with Gasteiger partial charge in [-0.3, -0.25) is 0 Å². The van der Waals surface area contributed by atoms with Gasteiger partial charge in [-0.25, -0.2) is 4.39 Å². The van der Waals surface area contributed by atoms with Gasteiger partial charge in [0.1, 0.15) is 5.82 Å². The molecule has 0 radical (unpaired) electrons. The molecule has 0 unspecified atom stereocenters. The monoisotopic (exact) mass is 307 g/mol. The Morgan fingerprint density at radius 1 is 1.35 bits per heavy atom. The van der Waals surface area contributed by atoms with Crippen molar-refractivity contribution in [1.82, 2.24) is 10.2 Å². The lowest BCUT2D eigenvalue weighted by Gasteiger charge is -2.03. The molecule has 0 saturated heterocycles. The fraction of sp³-hybridized carbons (Fsp3) is 0.111. The molecule has 3 nitrogen and oxygen atoms in total. The van der Waals surface area contributed by atoms with E-state index in [4.69, 9.17) is 17.3 Å². The van der Waals surface area contributed by atoms with E-state index in [1.54, 1.807) is 0 Å². The van der Waals surface area contributed by atoms with Gasteiger partial charge in [0, 0.05) is 10.6 Å². The van der Waals surface area contributed by atoms with Crippen LogP contribution in [0.4, 0.5) is 10.1 Å². The van der Waals surface area contributed by atoms with Crippen LogP contribution < -0.4 is 5.73 Å². The van der Waals surface area contributed by atoms with E-state index in [0.29, 0.717) is 10.6 Å². The van der Waals surface area contributed by atoms with Gasteiger partial charge >= 0.3 is 0 Å². The maximum atomic E-state index is 13.3. The number of aromatic nitrogens is 2. The number of hydrogen-bond acceptors (Lipinski definition) is 6. The van der Waals surface area contributed by atoms with Crippen LogP contribution in [0.25, 0.3) is 0 Å². The van der Waals surface area contributed by atoms with E-state index in [2.05, 4.69) is 10.2 Å². The molecule has 0 spiro atoms. The minimum absolute atomic E-state index is 0.0221. The maximum absolute atomic E-state index is 13.3. The SMILES string of the molecule is CSc1nnc(Sc2cc(F)c(Cl)cc2N)s1. The second-order valence-electron chi connectivity index (χ2n) is 2.94. The highest BCUT2D eigenvalue weighted by Crippen LogP contribution is 2.37. The third-order valence-corrected chi connectivity index (χ3v) is 5.13. The summed E-state index contributed by atoms with van der Waals surface area (Å²) in [5.41, 5.74) is 6.19. The predicted molar refractivity (Wildman–Crippen MR) is 71.6 cm³/mol. The number of hydrogen-bond donors (Lipinski definition) is 1. The summed E-state index contributed by atoms with van der Waals surface area (Å²) in [5, 5.41) is 7.95. The van der Waals surface area contributed by atoms with Crippen LogP contribution in [0.1, 0.15) is 0 Å². The van der Waals surface area contributed by atoms with Crippen molar-refractivity contribution < 1.29 is 4.39 Å². The number of benzene rings is 1. The summed E-state index contributed by atoms with van der Waals surface area (Å²) in [7, 11) is 0. The number of rotatable bonds is 3. The van der Waals surface area contributed by atoms with Crippen LogP contribution in [0.5, 0.6) is 0 Å². The summed E-state index contributed by atoms with van der Waals surface area (Å²) >= 11 is 9.86. The first-order chi connectivity index (χ1) is 8.10. The minimum Gasteiger partial charge on any atom is -0.398 e. The Morgan fingerprint density at radius 3 is 2.71 bits per heavy atom. The lowest BCUT2D eigenvalue weighted by Crippen LogP contribution is -1.90. The van der Waals surface area contributed by atoms with Crippen LogP contribution in [0.2, 0.25) is 5.02 Å². The first-order valence-electron chi connectivity index (χ1n) is 4.40. The molecule has 90 valence electrons. The molecule has 2 N–H and O–H groups in total. The van der Waals surface area contributed by atoms with Crippen LogP contribution in [0, 0.1) is 5.82 Å². The minimum atomic E-state index is -0.488. The van der Waals surface area contributed by atoms with Gasteiger partial charge in [0.2, 0.25) is 0 Å². The zero-order valence-corrected chi connectivity index (χ0v) is 11.8. The van der Waals surface area contributed by atoms with E-state index in [1.165, 1.54) is 47.0 Å². The third-order valence-electron chi connectivity index (χ3n) is 1.81. The fourth-order valence-corrected chi connectivity index (χ4v) is 3.66. The van der Waals surface area contributed by atoms with Gasteiger partial charge in [0.05, 0.1) is 5.02 Å². The number of nitrogen functional groups attached to an aromatic ring is 1. The van der Waals surface area contributed by atoms with Crippen molar-refractivity contribution in [3.8, 4) is 0 Å². The Bertz CT molecular complexity index is 546. The van der Waals surface area contributed by atoms with Crippen molar-refractivity contribution in [1.29, 1.82) is 0 Å². The molecule has 1 heterocycles. The fourth-order valence-electron chi connectivity index (χ4n) is 1.05. The lowest BCUT2D eigenvalue weighted by molar-refractivity contribution is 0.625. The zero-order chi connectivity index (χ0) is 12.4. The Hall–Kier alpha value is -0.500. The Balaban J connectivity index is 2.26. The predicted octanol–water partition coefficient (Wildman–Crippen LogP) is 3.79. The Kier molecular flexibility index (Phi) is 4.13. The molecule has 8 heteroatoms. The van der Waals surface area contributed by atoms with E-state index in [0.717, 1.165) is 8.68 Å². The molecule has 0 aliphatic heterocycles. The molecule has 1 aromatic heterocycles. The molecule has 0 bridgehead atoms. The van der Waals surface area contributed by atoms with Crippen molar-refractivity contribution in [2.45, 2.75) is 13.6 Å². The topological polar surface area (TPSA) is 51.8 Å². The average molecular weight is 308 g/mol. The molecule has 0 saturated carbocycles. The number of thioether (sulfide) groups is 1. The van der Waals surface area contributed by atoms with Gasteiger partial charge in [0.25, 0.3) is 0 Å². The van der Waals surface area contributed by atoms with Crippen LogP contribution in [-0.2, 0) is 0 Å². The maximum Gasteiger partial charge on any atom is 0.179 e. The molecular weight excluding hydrogens is 301 g/mol. The van der Waals surface area contributed by atoms with E-state index < -0.39 is 5.82 Å². The van der Waals surface area contributed by atoms with E-state index >= 15 is 0 Å². The van der Waals surface area contributed by atoms with Gasteiger partial charge in [0.15, 0.2) is 8.68 Å². The van der Waals surface area contributed by atoms with E-state index in [-0.39, 0.29) is 5.02 Å². The van der Waals surface area contributed by atoms with Crippen molar-refractivity contribution >= 4 is 52.1 Å². The summed E-state index contributed by atoms with van der Waals surface area (Å²) < 4.78 is 14.9. The smallest absolute Gasteiger partial charge is 0.179 e. The highest BCUT2D eigenvalue weighted by molar-refractivity contribution is 8.03. The number of anilines is 1.